The van der Waals surface area contributed by atoms with Crippen LogP contribution in [0.25, 0.3) is 21.7 Å². The minimum Gasteiger partial charge on any atom is -0.241 e. The Balaban J connectivity index is 2.13. The zero-order chi connectivity index (χ0) is 13.9. The molecular formula is C17H14BrNS. The molecule has 3 heteroatoms. The maximum Gasteiger partial charge on any atom is 0.101 e. The molecule has 0 amide bonds. The standard InChI is InChI=1S/C17H14BrNS/c1-17(2)9-20-16-13(17)8-10-6-7-11-12(15(10)19-16)4-3-5-14(11)18/h3-8H,9H2,1-2H3. The number of nitrogens with zero attached hydrogens (tertiary/aromatic N) is 1. The lowest BCUT2D eigenvalue weighted by atomic mass is 9.87. The van der Waals surface area contributed by atoms with Crippen LogP contribution >= 0.6 is 27.7 Å². The lowest BCUT2D eigenvalue weighted by Crippen LogP contribution is -2.15. The van der Waals surface area contributed by atoms with Crippen molar-refractivity contribution >= 4 is 49.4 Å². The largest absolute Gasteiger partial charge is 0.241 e. The van der Waals surface area contributed by atoms with Gasteiger partial charge < -0.3 is 0 Å². The predicted molar refractivity (Wildman–Crippen MR) is 90.7 cm³/mol. The second-order valence-corrected chi connectivity index (χ2v) is 7.80. The SMILES string of the molecule is CC1(C)CSc2nc3c(ccc4c(Br)cccc43)cc21. The minimum absolute atomic E-state index is 0.230. The Morgan fingerprint density at radius 2 is 2.00 bits per heavy atom. The van der Waals surface area contributed by atoms with Crippen molar-refractivity contribution in [2.75, 3.05) is 5.75 Å². The Labute approximate surface area is 130 Å². The van der Waals surface area contributed by atoms with Gasteiger partial charge in [0.05, 0.1) is 5.52 Å². The van der Waals surface area contributed by atoms with Gasteiger partial charge in [0.15, 0.2) is 0 Å². The van der Waals surface area contributed by atoms with Gasteiger partial charge in [0.1, 0.15) is 5.03 Å². The Hall–Kier alpha value is -1.06. The first-order valence-electron chi connectivity index (χ1n) is 6.71. The van der Waals surface area contributed by atoms with Crippen LogP contribution in [0.4, 0.5) is 0 Å². The van der Waals surface area contributed by atoms with Crippen molar-refractivity contribution in [3.8, 4) is 0 Å². The highest BCUT2D eigenvalue weighted by molar-refractivity contribution is 9.10. The summed E-state index contributed by atoms with van der Waals surface area (Å²) < 4.78 is 1.13. The van der Waals surface area contributed by atoms with Crippen molar-refractivity contribution < 1.29 is 0 Å². The van der Waals surface area contributed by atoms with Crippen LogP contribution in [0.2, 0.25) is 0 Å². The average Bonchev–Trinajstić information content (AvgIpc) is 2.73. The van der Waals surface area contributed by atoms with E-state index in [9.17, 15) is 0 Å². The van der Waals surface area contributed by atoms with Crippen molar-refractivity contribution in [3.05, 3.63) is 46.4 Å². The van der Waals surface area contributed by atoms with E-state index >= 15 is 0 Å². The highest BCUT2D eigenvalue weighted by Gasteiger charge is 2.32. The van der Waals surface area contributed by atoms with Gasteiger partial charge in [-0.3, -0.25) is 0 Å². The summed E-state index contributed by atoms with van der Waals surface area (Å²) in [4.78, 5) is 4.96. The summed E-state index contributed by atoms with van der Waals surface area (Å²) in [6.07, 6.45) is 0. The van der Waals surface area contributed by atoms with E-state index in [1.165, 1.54) is 26.7 Å². The third-order valence-corrected chi connectivity index (χ3v) is 6.20. The highest BCUT2D eigenvalue weighted by Crippen LogP contribution is 2.44. The summed E-state index contributed by atoms with van der Waals surface area (Å²) in [6, 6.07) is 13.0. The molecule has 0 bridgehead atoms. The van der Waals surface area contributed by atoms with Crippen LogP contribution in [0.5, 0.6) is 0 Å². The Morgan fingerprint density at radius 1 is 1.15 bits per heavy atom. The molecule has 0 fully saturated rings. The molecule has 1 aromatic heterocycles. The molecule has 2 heterocycles. The van der Waals surface area contributed by atoms with Crippen molar-refractivity contribution in [1.82, 2.24) is 4.98 Å². The Bertz CT molecular complexity index is 854. The van der Waals surface area contributed by atoms with Gasteiger partial charge in [0.2, 0.25) is 0 Å². The first-order chi connectivity index (χ1) is 9.56. The van der Waals surface area contributed by atoms with Crippen molar-refractivity contribution in [1.29, 1.82) is 0 Å². The molecule has 2 aromatic carbocycles. The summed E-state index contributed by atoms with van der Waals surface area (Å²) in [6.45, 7) is 4.61. The summed E-state index contributed by atoms with van der Waals surface area (Å²) in [5.74, 6) is 1.12. The molecule has 0 radical (unpaired) electrons. The Morgan fingerprint density at radius 3 is 2.85 bits per heavy atom. The van der Waals surface area contributed by atoms with Crippen LogP contribution in [0.1, 0.15) is 19.4 Å². The van der Waals surface area contributed by atoms with Crippen LogP contribution in [-0.2, 0) is 5.41 Å². The number of hydrogen-bond donors (Lipinski definition) is 0. The first-order valence-corrected chi connectivity index (χ1v) is 8.49. The number of thioether (sulfide) groups is 1. The molecule has 3 aromatic rings. The van der Waals surface area contributed by atoms with Gasteiger partial charge in [-0.05, 0) is 23.1 Å². The summed E-state index contributed by atoms with van der Waals surface area (Å²) in [7, 11) is 0. The van der Waals surface area contributed by atoms with Crippen LogP contribution in [0, 0.1) is 0 Å². The molecule has 0 N–H and O–H groups in total. The summed E-state index contributed by atoms with van der Waals surface area (Å²) in [5, 5.41) is 4.90. The van der Waals surface area contributed by atoms with Crippen LogP contribution in [-0.4, -0.2) is 10.7 Å². The third-order valence-electron chi connectivity index (χ3n) is 4.05. The van der Waals surface area contributed by atoms with Crippen LogP contribution in [0.15, 0.2) is 45.9 Å². The number of fused-ring (bicyclic) bond motifs is 4. The van der Waals surface area contributed by atoms with Gasteiger partial charge in [-0.15, -0.1) is 11.8 Å². The minimum atomic E-state index is 0.230. The number of benzene rings is 2. The molecule has 0 saturated heterocycles. The summed E-state index contributed by atoms with van der Waals surface area (Å²) >= 11 is 5.51. The van der Waals surface area contributed by atoms with E-state index in [4.69, 9.17) is 4.98 Å². The maximum atomic E-state index is 4.96. The number of halogens is 1. The van der Waals surface area contributed by atoms with Gasteiger partial charge in [-0.1, -0.05) is 54.0 Å². The fourth-order valence-electron chi connectivity index (χ4n) is 2.86. The summed E-state index contributed by atoms with van der Waals surface area (Å²) in [5.41, 5.74) is 2.74. The predicted octanol–water partition coefficient (Wildman–Crippen LogP) is 5.53. The third kappa shape index (κ3) is 1.73. The van der Waals surface area contributed by atoms with E-state index in [1.54, 1.807) is 0 Å². The molecule has 0 spiro atoms. The number of aromatic nitrogens is 1. The number of hydrogen-bond acceptors (Lipinski definition) is 2. The topological polar surface area (TPSA) is 12.9 Å². The first kappa shape index (κ1) is 12.7. The van der Waals surface area contributed by atoms with Crippen molar-refractivity contribution in [2.24, 2.45) is 0 Å². The van der Waals surface area contributed by atoms with Crippen LogP contribution in [0.3, 0.4) is 0 Å². The van der Waals surface area contributed by atoms with Crippen LogP contribution < -0.4 is 0 Å². The quantitative estimate of drug-likeness (QED) is 0.497. The highest BCUT2D eigenvalue weighted by atomic mass is 79.9. The van der Waals surface area contributed by atoms with Crippen molar-refractivity contribution in [2.45, 2.75) is 24.3 Å². The molecule has 0 saturated carbocycles. The van der Waals surface area contributed by atoms with Gasteiger partial charge in [0, 0.05) is 26.4 Å². The normalized spacial score (nSPS) is 16.8. The molecular weight excluding hydrogens is 330 g/mol. The molecule has 4 rings (SSSR count). The smallest absolute Gasteiger partial charge is 0.101 e. The molecule has 1 aliphatic heterocycles. The molecule has 0 atom stereocenters. The van der Waals surface area contributed by atoms with E-state index in [1.807, 2.05) is 11.8 Å². The monoisotopic (exact) mass is 343 g/mol. The fourth-order valence-corrected chi connectivity index (χ4v) is 4.66. The number of pyridine rings is 1. The second-order valence-electron chi connectivity index (χ2n) is 5.99. The van der Waals surface area contributed by atoms with Gasteiger partial charge >= 0.3 is 0 Å². The molecule has 0 unspecified atom stereocenters. The fraction of sp³-hybridized carbons (Fsp3) is 0.235. The van der Waals surface area contributed by atoms with Crippen molar-refractivity contribution in [3.63, 3.8) is 0 Å². The van der Waals surface area contributed by atoms with E-state index in [2.05, 4.69) is 66.2 Å². The zero-order valence-corrected chi connectivity index (χ0v) is 13.8. The molecule has 100 valence electrons. The van der Waals surface area contributed by atoms with E-state index in [-0.39, 0.29) is 5.41 Å². The van der Waals surface area contributed by atoms with E-state index in [0.29, 0.717) is 0 Å². The van der Waals surface area contributed by atoms with E-state index < -0.39 is 0 Å². The van der Waals surface area contributed by atoms with Gasteiger partial charge in [0.25, 0.3) is 0 Å². The van der Waals surface area contributed by atoms with Gasteiger partial charge in [-0.25, -0.2) is 4.98 Å². The molecule has 1 aliphatic rings. The van der Waals surface area contributed by atoms with Gasteiger partial charge in [-0.2, -0.15) is 0 Å². The maximum absolute atomic E-state index is 4.96. The average molecular weight is 344 g/mol. The zero-order valence-electron chi connectivity index (χ0n) is 11.4. The lowest BCUT2D eigenvalue weighted by Gasteiger charge is -2.17. The lowest BCUT2D eigenvalue weighted by molar-refractivity contribution is 0.602. The number of rotatable bonds is 0. The molecule has 0 aliphatic carbocycles. The Kier molecular flexibility index (Phi) is 2.67. The second kappa shape index (κ2) is 4.22. The molecule has 20 heavy (non-hydrogen) atoms. The van der Waals surface area contributed by atoms with E-state index in [0.717, 1.165) is 15.7 Å². The molecule has 1 nitrogen and oxygen atoms in total.